The summed E-state index contributed by atoms with van der Waals surface area (Å²) in [5.74, 6) is 0.689. The van der Waals surface area contributed by atoms with Crippen molar-refractivity contribution in [2.75, 3.05) is 30.0 Å². The molecule has 1 aliphatic rings. The van der Waals surface area contributed by atoms with E-state index < -0.39 is 10.0 Å². The molecule has 1 atom stereocenters. The zero-order chi connectivity index (χ0) is 13.9. The Morgan fingerprint density at radius 1 is 1.26 bits per heavy atom. The number of nitrogens with one attached hydrogen (secondary N) is 2. The largest absolute Gasteiger partial charge is 0.383 e. The van der Waals surface area contributed by atoms with Crippen LogP contribution in [0.4, 0.5) is 11.4 Å². The van der Waals surface area contributed by atoms with Gasteiger partial charge in [-0.25, -0.2) is 8.42 Å². The molecule has 1 saturated carbocycles. The molecule has 0 aliphatic heterocycles. The van der Waals surface area contributed by atoms with Crippen LogP contribution in [0.5, 0.6) is 0 Å². The van der Waals surface area contributed by atoms with Gasteiger partial charge in [0.25, 0.3) is 0 Å². The van der Waals surface area contributed by atoms with Gasteiger partial charge in [-0.15, -0.1) is 0 Å². The van der Waals surface area contributed by atoms with Crippen molar-refractivity contribution in [3.8, 4) is 0 Å². The summed E-state index contributed by atoms with van der Waals surface area (Å²) in [6.45, 7) is 0.688. The Bertz CT molecular complexity index is 509. The van der Waals surface area contributed by atoms with Crippen molar-refractivity contribution in [1.82, 2.24) is 0 Å². The highest BCUT2D eigenvalue weighted by Crippen LogP contribution is 2.34. The minimum Gasteiger partial charge on any atom is -0.383 e. The fourth-order valence-electron chi connectivity index (χ4n) is 2.04. The first-order valence-corrected chi connectivity index (χ1v) is 8.20. The molecule has 1 aromatic carbocycles. The van der Waals surface area contributed by atoms with Gasteiger partial charge in [0, 0.05) is 18.5 Å². The second-order valence-corrected chi connectivity index (χ2v) is 6.74. The molecule has 0 bridgehead atoms. The Morgan fingerprint density at radius 3 is 2.32 bits per heavy atom. The third-order valence-electron chi connectivity index (χ3n) is 3.08. The van der Waals surface area contributed by atoms with Crippen molar-refractivity contribution >= 4 is 21.4 Å². The van der Waals surface area contributed by atoms with E-state index in [0.717, 1.165) is 11.9 Å². The fourth-order valence-corrected chi connectivity index (χ4v) is 2.60. The number of benzene rings is 1. The molecule has 19 heavy (non-hydrogen) atoms. The van der Waals surface area contributed by atoms with Crippen LogP contribution in [-0.2, 0) is 14.8 Å². The second kappa shape index (κ2) is 5.79. The zero-order valence-corrected chi connectivity index (χ0v) is 12.0. The highest BCUT2D eigenvalue weighted by atomic mass is 32.2. The first kappa shape index (κ1) is 14.1. The van der Waals surface area contributed by atoms with Gasteiger partial charge >= 0.3 is 0 Å². The van der Waals surface area contributed by atoms with Crippen molar-refractivity contribution in [1.29, 1.82) is 0 Å². The molecular formula is C13H20N2O3S. The second-order valence-electron chi connectivity index (χ2n) is 5.00. The fraction of sp³-hybridized carbons (Fsp3) is 0.538. The van der Waals surface area contributed by atoms with E-state index >= 15 is 0 Å². The predicted octanol–water partition coefficient (Wildman–Crippen LogP) is 1.89. The summed E-state index contributed by atoms with van der Waals surface area (Å²) in [6, 6.07) is 7.58. The van der Waals surface area contributed by atoms with Gasteiger partial charge in [-0.2, -0.15) is 0 Å². The number of hydrogen-bond acceptors (Lipinski definition) is 4. The maximum absolute atomic E-state index is 11.1. The summed E-state index contributed by atoms with van der Waals surface area (Å²) in [7, 11) is -1.51. The number of anilines is 2. The van der Waals surface area contributed by atoms with Gasteiger partial charge in [0.2, 0.25) is 10.0 Å². The van der Waals surface area contributed by atoms with Crippen LogP contribution in [-0.4, -0.2) is 34.4 Å². The molecule has 0 radical (unpaired) electrons. The van der Waals surface area contributed by atoms with Crippen molar-refractivity contribution < 1.29 is 13.2 Å². The number of methoxy groups -OCH3 is 1. The topological polar surface area (TPSA) is 67.4 Å². The van der Waals surface area contributed by atoms with Crippen molar-refractivity contribution in [3.63, 3.8) is 0 Å². The van der Waals surface area contributed by atoms with Gasteiger partial charge < -0.3 is 10.1 Å². The molecule has 1 unspecified atom stereocenters. The highest BCUT2D eigenvalue weighted by molar-refractivity contribution is 7.92. The third-order valence-corrected chi connectivity index (χ3v) is 3.68. The van der Waals surface area contributed by atoms with E-state index in [1.807, 2.05) is 12.1 Å². The Kier molecular flexibility index (Phi) is 4.31. The van der Waals surface area contributed by atoms with E-state index in [4.69, 9.17) is 4.74 Å². The molecule has 0 amide bonds. The molecule has 0 aromatic heterocycles. The molecular weight excluding hydrogens is 264 g/mol. The predicted molar refractivity (Wildman–Crippen MR) is 76.9 cm³/mol. The van der Waals surface area contributed by atoms with Gasteiger partial charge in [0.1, 0.15) is 0 Å². The van der Waals surface area contributed by atoms with Crippen LogP contribution in [0.3, 0.4) is 0 Å². The summed E-state index contributed by atoms with van der Waals surface area (Å²) < 4.78 is 29.9. The number of ether oxygens (including phenoxy) is 1. The molecule has 0 spiro atoms. The van der Waals surface area contributed by atoms with Crippen LogP contribution in [0.1, 0.15) is 12.8 Å². The van der Waals surface area contributed by atoms with Crippen molar-refractivity contribution in [3.05, 3.63) is 24.3 Å². The highest BCUT2D eigenvalue weighted by Gasteiger charge is 2.30. The van der Waals surface area contributed by atoms with E-state index in [9.17, 15) is 8.42 Å². The molecule has 106 valence electrons. The minimum atomic E-state index is -3.22. The summed E-state index contributed by atoms with van der Waals surface area (Å²) in [6.07, 6.45) is 3.63. The standard InChI is InChI=1S/C13H20N2O3S/c1-18-9-13(10-3-4-10)14-11-5-7-12(8-6-11)15-19(2,16)17/h5-8,10,13-15H,3-4,9H2,1-2H3. The SMILES string of the molecule is COCC(Nc1ccc(NS(C)(=O)=O)cc1)C1CC1. The van der Waals surface area contributed by atoms with E-state index in [2.05, 4.69) is 10.0 Å². The quantitative estimate of drug-likeness (QED) is 0.802. The summed E-state index contributed by atoms with van der Waals surface area (Å²) in [4.78, 5) is 0. The Labute approximate surface area is 114 Å². The molecule has 6 heteroatoms. The third kappa shape index (κ3) is 4.72. The lowest BCUT2D eigenvalue weighted by molar-refractivity contribution is 0.179. The average Bonchev–Trinajstić information content (AvgIpc) is 3.13. The van der Waals surface area contributed by atoms with Crippen LogP contribution >= 0.6 is 0 Å². The summed E-state index contributed by atoms with van der Waals surface area (Å²) >= 11 is 0. The lowest BCUT2D eigenvalue weighted by Gasteiger charge is -2.18. The van der Waals surface area contributed by atoms with Crippen LogP contribution in [0, 0.1) is 5.92 Å². The molecule has 2 rings (SSSR count). The van der Waals surface area contributed by atoms with Crippen molar-refractivity contribution in [2.24, 2.45) is 5.92 Å². The number of sulfonamides is 1. The summed E-state index contributed by atoms with van der Waals surface area (Å²) in [5.41, 5.74) is 1.55. The number of hydrogen-bond donors (Lipinski definition) is 2. The van der Waals surface area contributed by atoms with Gasteiger partial charge in [0.05, 0.1) is 18.9 Å². The molecule has 0 saturated heterocycles. The van der Waals surface area contributed by atoms with Gasteiger partial charge in [-0.1, -0.05) is 0 Å². The summed E-state index contributed by atoms with van der Waals surface area (Å²) in [5, 5.41) is 3.43. The average molecular weight is 284 g/mol. The van der Waals surface area contributed by atoms with Crippen LogP contribution in [0.25, 0.3) is 0 Å². The Balaban J connectivity index is 1.97. The lowest BCUT2D eigenvalue weighted by atomic mass is 10.2. The molecule has 2 N–H and O–H groups in total. The van der Waals surface area contributed by atoms with E-state index in [0.29, 0.717) is 24.3 Å². The van der Waals surface area contributed by atoms with Crippen LogP contribution in [0.2, 0.25) is 0 Å². The Morgan fingerprint density at radius 2 is 1.84 bits per heavy atom. The smallest absolute Gasteiger partial charge is 0.229 e. The first-order chi connectivity index (χ1) is 8.98. The van der Waals surface area contributed by atoms with Crippen molar-refractivity contribution in [2.45, 2.75) is 18.9 Å². The van der Waals surface area contributed by atoms with Gasteiger partial charge in [-0.3, -0.25) is 4.72 Å². The molecule has 5 nitrogen and oxygen atoms in total. The van der Waals surface area contributed by atoms with Crippen LogP contribution in [0.15, 0.2) is 24.3 Å². The number of rotatable bonds is 7. The molecule has 1 aliphatic carbocycles. The van der Waals surface area contributed by atoms with E-state index in [1.165, 1.54) is 12.8 Å². The monoisotopic (exact) mass is 284 g/mol. The normalized spacial score (nSPS) is 16.9. The van der Waals surface area contributed by atoms with E-state index in [-0.39, 0.29) is 0 Å². The Hall–Kier alpha value is -1.27. The lowest BCUT2D eigenvalue weighted by Crippen LogP contribution is -2.27. The van der Waals surface area contributed by atoms with Gasteiger partial charge in [-0.05, 0) is 43.0 Å². The minimum absolute atomic E-state index is 0.332. The molecule has 1 fully saturated rings. The molecule has 1 aromatic rings. The maximum atomic E-state index is 11.1. The van der Waals surface area contributed by atoms with E-state index in [1.54, 1.807) is 19.2 Å². The molecule has 0 heterocycles. The van der Waals surface area contributed by atoms with Crippen LogP contribution < -0.4 is 10.0 Å². The first-order valence-electron chi connectivity index (χ1n) is 6.31. The van der Waals surface area contributed by atoms with Gasteiger partial charge in [0.15, 0.2) is 0 Å². The maximum Gasteiger partial charge on any atom is 0.229 e. The zero-order valence-electron chi connectivity index (χ0n) is 11.2.